The Bertz CT molecular complexity index is 531. The molecule has 1 saturated carbocycles. The molecule has 94 valence electrons. The van der Waals surface area contributed by atoms with Gasteiger partial charge in [0.25, 0.3) is 5.89 Å². The van der Waals surface area contributed by atoms with Gasteiger partial charge in [-0.15, -0.1) is 0 Å². The molecule has 0 amide bonds. The molecule has 0 N–H and O–H groups in total. The Morgan fingerprint density at radius 2 is 2.06 bits per heavy atom. The Hall–Kier alpha value is -1.78. The maximum atomic E-state index is 5.34. The first-order chi connectivity index (χ1) is 8.84. The van der Waals surface area contributed by atoms with E-state index in [1.54, 1.807) is 6.20 Å². The van der Waals surface area contributed by atoms with E-state index in [-0.39, 0.29) is 0 Å². The standard InChI is InChI=1S/C13H16N4O/c1-9-11(7-14-8-15-9)13-16-12(17-18-13)10-5-3-2-4-6-10/h7-8,10H,2-6H2,1H3. The third-order valence-corrected chi connectivity index (χ3v) is 3.55. The average Bonchev–Trinajstić information content (AvgIpc) is 2.90. The van der Waals surface area contributed by atoms with Crippen molar-refractivity contribution < 1.29 is 4.52 Å². The predicted octanol–water partition coefficient (Wildman–Crippen LogP) is 2.88. The van der Waals surface area contributed by atoms with E-state index in [2.05, 4.69) is 20.1 Å². The fourth-order valence-electron chi connectivity index (χ4n) is 2.47. The van der Waals surface area contributed by atoms with Crippen LogP contribution in [0.5, 0.6) is 0 Å². The number of aryl methyl sites for hydroxylation is 1. The first kappa shape index (κ1) is 11.3. The largest absolute Gasteiger partial charge is 0.334 e. The molecule has 0 aromatic carbocycles. The number of hydrogen-bond donors (Lipinski definition) is 0. The van der Waals surface area contributed by atoms with Crippen LogP contribution in [0, 0.1) is 6.92 Å². The highest BCUT2D eigenvalue weighted by atomic mass is 16.5. The van der Waals surface area contributed by atoms with E-state index in [9.17, 15) is 0 Å². The molecule has 0 bridgehead atoms. The Kier molecular flexibility index (Phi) is 3.04. The fraction of sp³-hybridized carbons (Fsp3) is 0.538. The van der Waals surface area contributed by atoms with Crippen molar-refractivity contribution in [3.05, 3.63) is 24.0 Å². The Morgan fingerprint density at radius 1 is 1.22 bits per heavy atom. The van der Waals surface area contributed by atoms with Crippen molar-refractivity contribution in [2.75, 3.05) is 0 Å². The second-order valence-corrected chi connectivity index (χ2v) is 4.81. The van der Waals surface area contributed by atoms with Crippen molar-refractivity contribution >= 4 is 0 Å². The summed E-state index contributed by atoms with van der Waals surface area (Å²) in [6.45, 7) is 1.92. The summed E-state index contributed by atoms with van der Waals surface area (Å²) in [6, 6.07) is 0. The van der Waals surface area contributed by atoms with E-state index in [0.717, 1.165) is 17.1 Å². The van der Waals surface area contributed by atoms with Crippen LogP contribution in [-0.4, -0.2) is 20.1 Å². The van der Waals surface area contributed by atoms with E-state index >= 15 is 0 Å². The number of nitrogens with zero attached hydrogens (tertiary/aromatic N) is 4. The Labute approximate surface area is 106 Å². The molecule has 0 saturated heterocycles. The number of rotatable bonds is 2. The lowest BCUT2D eigenvalue weighted by atomic mass is 9.89. The molecule has 5 heteroatoms. The van der Waals surface area contributed by atoms with Crippen LogP contribution in [0.15, 0.2) is 17.0 Å². The first-order valence-electron chi connectivity index (χ1n) is 6.45. The van der Waals surface area contributed by atoms with Gasteiger partial charge in [0.2, 0.25) is 0 Å². The second kappa shape index (κ2) is 4.84. The highest BCUT2D eigenvalue weighted by molar-refractivity contribution is 5.53. The number of aromatic nitrogens is 4. The lowest BCUT2D eigenvalue weighted by molar-refractivity contribution is 0.385. The Balaban J connectivity index is 1.87. The maximum absolute atomic E-state index is 5.34. The fourth-order valence-corrected chi connectivity index (χ4v) is 2.47. The van der Waals surface area contributed by atoms with Crippen LogP contribution in [0.4, 0.5) is 0 Å². The lowest BCUT2D eigenvalue weighted by Crippen LogP contribution is -2.06. The molecule has 1 aliphatic carbocycles. The molecule has 3 rings (SSSR count). The van der Waals surface area contributed by atoms with Crippen molar-refractivity contribution in [2.45, 2.75) is 44.9 Å². The van der Waals surface area contributed by atoms with E-state index in [1.165, 1.54) is 38.4 Å². The predicted molar refractivity (Wildman–Crippen MR) is 65.9 cm³/mol. The summed E-state index contributed by atoms with van der Waals surface area (Å²) < 4.78 is 5.34. The van der Waals surface area contributed by atoms with Crippen LogP contribution in [0.3, 0.4) is 0 Å². The van der Waals surface area contributed by atoms with Gasteiger partial charge in [0, 0.05) is 12.1 Å². The van der Waals surface area contributed by atoms with E-state index in [1.807, 2.05) is 6.92 Å². The summed E-state index contributed by atoms with van der Waals surface area (Å²) in [6.07, 6.45) is 9.45. The van der Waals surface area contributed by atoms with Gasteiger partial charge in [-0.05, 0) is 19.8 Å². The van der Waals surface area contributed by atoms with E-state index < -0.39 is 0 Å². The van der Waals surface area contributed by atoms with Gasteiger partial charge in [0.15, 0.2) is 5.82 Å². The minimum Gasteiger partial charge on any atom is -0.334 e. The van der Waals surface area contributed by atoms with Gasteiger partial charge in [-0.1, -0.05) is 24.4 Å². The maximum Gasteiger partial charge on any atom is 0.261 e. The van der Waals surface area contributed by atoms with Gasteiger partial charge in [0.05, 0.1) is 11.3 Å². The summed E-state index contributed by atoms with van der Waals surface area (Å²) in [5.74, 6) is 1.84. The molecular weight excluding hydrogens is 228 g/mol. The zero-order valence-corrected chi connectivity index (χ0v) is 10.5. The van der Waals surface area contributed by atoms with Gasteiger partial charge in [-0.25, -0.2) is 9.97 Å². The molecule has 5 nitrogen and oxygen atoms in total. The molecular formula is C13H16N4O. The minimum atomic E-state index is 0.459. The van der Waals surface area contributed by atoms with E-state index in [4.69, 9.17) is 4.52 Å². The van der Waals surface area contributed by atoms with Gasteiger partial charge < -0.3 is 4.52 Å². The van der Waals surface area contributed by atoms with Crippen LogP contribution < -0.4 is 0 Å². The van der Waals surface area contributed by atoms with Gasteiger partial charge >= 0.3 is 0 Å². The summed E-state index contributed by atoms with van der Waals surface area (Å²) in [5.41, 5.74) is 1.69. The summed E-state index contributed by atoms with van der Waals surface area (Å²) in [4.78, 5) is 12.7. The van der Waals surface area contributed by atoms with Crippen LogP contribution in [0.1, 0.15) is 49.5 Å². The van der Waals surface area contributed by atoms with Crippen LogP contribution in [0.25, 0.3) is 11.5 Å². The molecule has 0 atom stereocenters. The van der Waals surface area contributed by atoms with Crippen LogP contribution >= 0.6 is 0 Å². The van der Waals surface area contributed by atoms with Crippen LogP contribution in [0.2, 0.25) is 0 Å². The molecule has 2 aromatic rings. The highest BCUT2D eigenvalue weighted by Crippen LogP contribution is 2.32. The SMILES string of the molecule is Cc1ncncc1-c1nc(C2CCCCC2)no1. The molecule has 0 unspecified atom stereocenters. The highest BCUT2D eigenvalue weighted by Gasteiger charge is 2.21. The second-order valence-electron chi connectivity index (χ2n) is 4.81. The molecule has 1 fully saturated rings. The molecule has 0 spiro atoms. The zero-order chi connectivity index (χ0) is 12.4. The molecule has 18 heavy (non-hydrogen) atoms. The van der Waals surface area contributed by atoms with Crippen molar-refractivity contribution in [1.29, 1.82) is 0 Å². The molecule has 1 aliphatic rings. The lowest BCUT2D eigenvalue weighted by Gasteiger charge is -2.17. The topological polar surface area (TPSA) is 64.7 Å². The molecule has 0 aliphatic heterocycles. The van der Waals surface area contributed by atoms with Crippen molar-refractivity contribution in [1.82, 2.24) is 20.1 Å². The molecule has 0 radical (unpaired) electrons. The zero-order valence-electron chi connectivity index (χ0n) is 10.5. The summed E-state index contributed by atoms with van der Waals surface area (Å²) in [5, 5.41) is 4.12. The third-order valence-electron chi connectivity index (χ3n) is 3.55. The van der Waals surface area contributed by atoms with Crippen molar-refractivity contribution in [3.63, 3.8) is 0 Å². The monoisotopic (exact) mass is 244 g/mol. The summed E-state index contributed by atoms with van der Waals surface area (Å²) in [7, 11) is 0. The first-order valence-corrected chi connectivity index (χ1v) is 6.45. The van der Waals surface area contributed by atoms with Gasteiger partial charge in [0.1, 0.15) is 6.33 Å². The van der Waals surface area contributed by atoms with Crippen molar-refractivity contribution in [2.24, 2.45) is 0 Å². The Morgan fingerprint density at radius 3 is 2.83 bits per heavy atom. The molecule has 2 heterocycles. The van der Waals surface area contributed by atoms with Crippen LogP contribution in [-0.2, 0) is 0 Å². The van der Waals surface area contributed by atoms with Gasteiger partial charge in [-0.2, -0.15) is 4.98 Å². The van der Waals surface area contributed by atoms with Gasteiger partial charge in [-0.3, -0.25) is 0 Å². The normalized spacial score (nSPS) is 16.9. The smallest absolute Gasteiger partial charge is 0.261 e. The summed E-state index contributed by atoms with van der Waals surface area (Å²) >= 11 is 0. The molecule has 2 aromatic heterocycles. The number of hydrogen-bond acceptors (Lipinski definition) is 5. The van der Waals surface area contributed by atoms with Crippen molar-refractivity contribution in [3.8, 4) is 11.5 Å². The third kappa shape index (κ3) is 2.12. The average molecular weight is 244 g/mol. The quantitative estimate of drug-likeness (QED) is 0.812. The van der Waals surface area contributed by atoms with E-state index in [0.29, 0.717) is 11.8 Å². The minimum absolute atomic E-state index is 0.459.